The Kier molecular flexibility index (Phi) is 5.83. The van der Waals surface area contributed by atoms with E-state index in [0.29, 0.717) is 17.4 Å². The molecule has 1 atom stereocenters. The van der Waals surface area contributed by atoms with E-state index >= 15 is 0 Å². The Bertz CT molecular complexity index is 823. The van der Waals surface area contributed by atoms with Gasteiger partial charge in [-0.2, -0.15) is 4.31 Å². The molecule has 3 rings (SSSR count). The van der Waals surface area contributed by atoms with Gasteiger partial charge in [0.2, 0.25) is 10.0 Å². The maximum absolute atomic E-state index is 13.4. The highest BCUT2D eigenvalue weighted by atomic mass is 32.2. The molecule has 1 aliphatic heterocycles. The molecule has 1 heterocycles. The molecule has 140 valence electrons. The fourth-order valence-corrected chi connectivity index (χ4v) is 5.33. The number of benzene rings is 2. The van der Waals surface area contributed by atoms with Crippen LogP contribution in [0.15, 0.2) is 53.4 Å². The summed E-state index contributed by atoms with van der Waals surface area (Å²) in [6.45, 7) is 6.88. The first-order chi connectivity index (χ1) is 12.4. The van der Waals surface area contributed by atoms with Crippen molar-refractivity contribution < 1.29 is 8.42 Å². The van der Waals surface area contributed by atoms with Gasteiger partial charge in [-0.05, 0) is 48.9 Å². The summed E-state index contributed by atoms with van der Waals surface area (Å²) >= 11 is 0. The first-order valence-corrected chi connectivity index (χ1v) is 11.0. The molecule has 4 heteroatoms. The highest BCUT2D eigenvalue weighted by Crippen LogP contribution is 2.35. The van der Waals surface area contributed by atoms with E-state index in [9.17, 15) is 8.42 Å². The van der Waals surface area contributed by atoms with Gasteiger partial charge in [-0.1, -0.05) is 68.7 Å². The Hall–Kier alpha value is -1.65. The Morgan fingerprint density at radius 1 is 0.923 bits per heavy atom. The van der Waals surface area contributed by atoms with Crippen molar-refractivity contribution in [2.45, 2.75) is 63.3 Å². The lowest BCUT2D eigenvalue weighted by molar-refractivity contribution is 0.329. The highest BCUT2D eigenvalue weighted by Gasteiger charge is 2.33. The van der Waals surface area contributed by atoms with Crippen LogP contribution in [-0.4, -0.2) is 19.3 Å². The third kappa shape index (κ3) is 4.02. The van der Waals surface area contributed by atoms with Crippen molar-refractivity contribution in [3.63, 3.8) is 0 Å². The van der Waals surface area contributed by atoms with Gasteiger partial charge in [-0.3, -0.25) is 0 Å². The normalized spacial score (nSPS) is 19.5. The second-order valence-corrected chi connectivity index (χ2v) is 9.51. The Morgan fingerprint density at radius 2 is 1.58 bits per heavy atom. The fraction of sp³-hybridized carbons (Fsp3) is 0.455. The zero-order valence-corrected chi connectivity index (χ0v) is 16.8. The van der Waals surface area contributed by atoms with E-state index in [2.05, 4.69) is 45.0 Å². The zero-order valence-electron chi connectivity index (χ0n) is 16.0. The van der Waals surface area contributed by atoms with E-state index < -0.39 is 10.0 Å². The first kappa shape index (κ1) is 19.1. The van der Waals surface area contributed by atoms with Crippen LogP contribution >= 0.6 is 0 Å². The Labute approximate surface area is 158 Å². The maximum Gasteiger partial charge on any atom is 0.243 e. The van der Waals surface area contributed by atoms with Crippen LogP contribution in [-0.2, 0) is 10.0 Å². The number of nitrogens with zero attached hydrogens (tertiary/aromatic N) is 1. The molecule has 2 aromatic carbocycles. The largest absolute Gasteiger partial charge is 0.243 e. The fourth-order valence-electron chi connectivity index (χ4n) is 3.65. The molecule has 0 aliphatic carbocycles. The van der Waals surface area contributed by atoms with E-state index in [1.807, 2.05) is 12.1 Å². The summed E-state index contributed by atoms with van der Waals surface area (Å²) in [6, 6.07) is 15.6. The van der Waals surface area contributed by atoms with Crippen LogP contribution in [0.1, 0.15) is 68.2 Å². The number of hydrogen-bond donors (Lipinski definition) is 0. The van der Waals surface area contributed by atoms with Crippen LogP contribution < -0.4 is 0 Å². The molecule has 1 aliphatic rings. The monoisotopic (exact) mass is 371 g/mol. The van der Waals surface area contributed by atoms with Crippen molar-refractivity contribution in [1.29, 1.82) is 0 Å². The minimum absolute atomic E-state index is 0.0760. The summed E-state index contributed by atoms with van der Waals surface area (Å²) in [7, 11) is -3.50. The molecule has 0 aromatic heterocycles. The lowest BCUT2D eigenvalue weighted by atomic mass is 10.0. The molecule has 3 nitrogen and oxygen atoms in total. The quantitative estimate of drug-likeness (QED) is 0.719. The van der Waals surface area contributed by atoms with Gasteiger partial charge >= 0.3 is 0 Å². The minimum Gasteiger partial charge on any atom is -0.207 e. The summed E-state index contributed by atoms with van der Waals surface area (Å²) in [4.78, 5) is 0.404. The topological polar surface area (TPSA) is 37.4 Å². The summed E-state index contributed by atoms with van der Waals surface area (Å²) in [6.07, 6.45) is 3.95. The molecule has 0 N–H and O–H groups in total. The lowest BCUT2D eigenvalue weighted by Gasteiger charge is -2.29. The molecule has 0 amide bonds. The molecule has 26 heavy (non-hydrogen) atoms. The zero-order chi connectivity index (χ0) is 18.7. The van der Waals surface area contributed by atoms with Gasteiger partial charge in [-0.15, -0.1) is 0 Å². The molecule has 2 aromatic rings. The molecular weight excluding hydrogens is 342 g/mol. The predicted molar refractivity (Wildman–Crippen MR) is 107 cm³/mol. The van der Waals surface area contributed by atoms with E-state index in [-0.39, 0.29) is 6.04 Å². The van der Waals surface area contributed by atoms with E-state index in [4.69, 9.17) is 0 Å². The molecule has 0 bridgehead atoms. The average Bonchev–Trinajstić information content (AvgIpc) is 2.89. The Balaban J connectivity index is 1.97. The molecular formula is C22H29NO2S. The van der Waals surface area contributed by atoms with Crippen LogP contribution in [0.5, 0.6) is 0 Å². The highest BCUT2D eigenvalue weighted by molar-refractivity contribution is 7.89. The van der Waals surface area contributed by atoms with Gasteiger partial charge in [0.15, 0.2) is 0 Å². The summed E-state index contributed by atoms with van der Waals surface area (Å²) in [5, 5.41) is 0. The molecule has 0 spiro atoms. The van der Waals surface area contributed by atoms with Crippen LogP contribution in [0.4, 0.5) is 0 Å². The van der Waals surface area contributed by atoms with Crippen LogP contribution in [0, 0.1) is 6.92 Å². The van der Waals surface area contributed by atoms with Crippen LogP contribution in [0.25, 0.3) is 0 Å². The van der Waals surface area contributed by atoms with Gasteiger partial charge in [0, 0.05) is 6.54 Å². The van der Waals surface area contributed by atoms with Crippen LogP contribution in [0.2, 0.25) is 0 Å². The SMILES string of the molecule is Cc1ccc(C2CCCCCN2S(=O)(=O)c2ccc(C(C)C)cc2)cc1. The van der Waals surface area contributed by atoms with Crippen molar-refractivity contribution in [2.75, 3.05) is 6.54 Å². The number of rotatable bonds is 4. The number of aryl methyl sites for hydroxylation is 1. The van der Waals surface area contributed by atoms with Crippen molar-refractivity contribution in [1.82, 2.24) is 4.31 Å². The summed E-state index contributed by atoms with van der Waals surface area (Å²) in [5.74, 6) is 0.394. The summed E-state index contributed by atoms with van der Waals surface area (Å²) in [5.41, 5.74) is 3.45. The maximum atomic E-state index is 13.4. The molecule has 1 unspecified atom stereocenters. The number of hydrogen-bond acceptors (Lipinski definition) is 2. The predicted octanol–water partition coefficient (Wildman–Crippen LogP) is 5.42. The second kappa shape index (κ2) is 7.93. The average molecular weight is 372 g/mol. The van der Waals surface area contributed by atoms with Crippen molar-refractivity contribution in [2.24, 2.45) is 0 Å². The third-order valence-electron chi connectivity index (χ3n) is 5.32. The van der Waals surface area contributed by atoms with Crippen LogP contribution in [0.3, 0.4) is 0 Å². The molecule has 1 saturated heterocycles. The van der Waals surface area contributed by atoms with Gasteiger partial charge in [0.25, 0.3) is 0 Å². The summed E-state index contributed by atoms with van der Waals surface area (Å²) < 4.78 is 28.5. The smallest absolute Gasteiger partial charge is 0.207 e. The van der Waals surface area contributed by atoms with E-state index in [1.165, 1.54) is 5.56 Å². The molecule has 0 saturated carbocycles. The van der Waals surface area contributed by atoms with Gasteiger partial charge in [0.05, 0.1) is 10.9 Å². The van der Waals surface area contributed by atoms with Gasteiger partial charge in [-0.25, -0.2) is 8.42 Å². The third-order valence-corrected chi connectivity index (χ3v) is 7.24. The first-order valence-electron chi connectivity index (χ1n) is 9.58. The lowest BCUT2D eigenvalue weighted by Crippen LogP contribution is -2.34. The molecule has 1 fully saturated rings. The van der Waals surface area contributed by atoms with Gasteiger partial charge < -0.3 is 0 Å². The minimum atomic E-state index is -3.50. The van der Waals surface area contributed by atoms with E-state index in [0.717, 1.165) is 36.8 Å². The van der Waals surface area contributed by atoms with Gasteiger partial charge in [0.1, 0.15) is 0 Å². The molecule has 0 radical (unpaired) electrons. The second-order valence-electron chi connectivity index (χ2n) is 7.62. The van der Waals surface area contributed by atoms with Crippen molar-refractivity contribution in [3.8, 4) is 0 Å². The Morgan fingerprint density at radius 3 is 2.19 bits per heavy atom. The van der Waals surface area contributed by atoms with Crippen molar-refractivity contribution in [3.05, 3.63) is 65.2 Å². The number of sulfonamides is 1. The van der Waals surface area contributed by atoms with E-state index in [1.54, 1.807) is 16.4 Å². The van der Waals surface area contributed by atoms with Crippen molar-refractivity contribution >= 4 is 10.0 Å². The standard InChI is InChI=1S/C22H29NO2S/c1-17(2)19-12-14-21(15-13-19)26(24,25)23-16-6-4-5-7-22(23)20-10-8-18(3)9-11-20/h8-15,17,22H,4-7,16H2,1-3H3.